The first-order chi connectivity index (χ1) is 10.7. The lowest BCUT2D eigenvalue weighted by Gasteiger charge is -2.05. The van der Waals surface area contributed by atoms with Crippen molar-refractivity contribution < 1.29 is 9.53 Å². The number of thiophene rings is 1. The average Bonchev–Trinajstić information content (AvgIpc) is 2.97. The maximum Gasteiger partial charge on any atom is 0.195 e. The van der Waals surface area contributed by atoms with Gasteiger partial charge in [0.1, 0.15) is 5.75 Å². The van der Waals surface area contributed by atoms with Gasteiger partial charge >= 0.3 is 0 Å². The van der Waals surface area contributed by atoms with Crippen molar-refractivity contribution >= 4 is 34.8 Å². The molecule has 0 aliphatic heterocycles. The minimum atomic E-state index is -0.0307. The lowest BCUT2D eigenvalue weighted by atomic mass is 10.2. The van der Waals surface area contributed by atoms with Crippen molar-refractivity contribution in [3.63, 3.8) is 0 Å². The fraction of sp³-hybridized carbons (Fsp3) is 0.278. The van der Waals surface area contributed by atoms with Crippen LogP contribution in [0.2, 0.25) is 4.34 Å². The SMILES string of the molecule is CCCCCOc1ccc(/C=C/C(=O)c2ccc(Cl)s2)cc1. The molecule has 4 heteroatoms. The molecule has 0 fully saturated rings. The van der Waals surface area contributed by atoms with Crippen molar-refractivity contribution in [3.8, 4) is 5.75 Å². The molecule has 0 bridgehead atoms. The lowest BCUT2D eigenvalue weighted by molar-refractivity contribution is 0.105. The molecule has 0 N–H and O–H groups in total. The minimum Gasteiger partial charge on any atom is -0.494 e. The molecule has 1 aromatic carbocycles. The van der Waals surface area contributed by atoms with E-state index in [1.165, 1.54) is 24.2 Å². The van der Waals surface area contributed by atoms with Gasteiger partial charge in [-0.15, -0.1) is 11.3 Å². The molecule has 0 radical (unpaired) electrons. The second-order valence-electron chi connectivity index (χ2n) is 4.93. The van der Waals surface area contributed by atoms with Crippen LogP contribution in [-0.2, 0) is 0 Å². The van der Waals surface area contributed by atoms with Gasteiger partial charge in [0, 0.05) is 0 Å². The second-order valence-corrected chi connectivity index (χ2v) is 6.64. The van der Waals surface area contributed by atoms with Crippen LogP contribution < -0.4 is 4.74 Å². The maximum atomic E-state index is 11.9. The third-order valence-electron chi connectivity index (χ3n) is 3.14. The zero-order chi connectivity index (χ0) is 15.8. The molecule has 0 saturated carbocycles. The van der Waals surface area contributed by atoms with E-state index in [9.17, 15) is 4.79 Å². The molecule has 0 atom stereocenters. The van der Waals surface area contributed by atoms with E-state index in [0.29, 0.717) is 9.21 Å². The van der Waals surface area contributed by atoms with Crippen molar-refractivity contribution in [2.75, 3.05) is 6.61 Å². The summed E-state index contributed by atoms with van der Waals surface area (Å²) in [7, 11) is 0. The monoisotopic (exact) mass is 334 g/mol. The lowest BCUT2D eigenvalue weighted by Crippen LogP contribution is -1.96. The number of halogens is 1. The van der Waals surface area contributed by atoms with Gasteiger partial charge < -0.3 is 4.74 Å². The Hall–Kier alpha value is -1.58. The highest BCUT2D eigenvalue weighted by Crippen LogP contribution is 2.22. The van der Waals surface area contributed by atoms with Crippen molar-refractivity contribution in [3.05, 3.63) is 57.3 Å². The van der Waals surface area contributed by atoms with Crippen LogP contribution in [0, 0.1) is 0 Å². The highest BCUT2D eigenvalue weighted by atomic mass is 35.5. The number of allylic oxidation sites excluding steroid dienone is 1. The van der Waals surface area contributed by atoms with E-state index < -0.39 is 0 Å². The summed E-state index contributed by atoms with van der Waals surface area (Å²) in [6.07, 6.45) is 6.83. The van der Waals surface area contributed by atoms with Gasteiger partial charge in [-0.1, -0.05) is 49.6 Å². The van der Waals surface area contributed by atoms with E-state index in [1.54, 1.807) is 24.3 Å². The molecule has 2 aromatic rings. The molecule has 0 amide bonds. The third kappa shape index (κ3) is 5.32. The van der Waals surface area contributed by atoms with Crippen molar-refractivity contribution in [2.45, 2.75) is 26.2 Å². The number of carbonyl (C=O) groups is 1. The fourth-order valence-corrected chi connectivity index (χ4v) is 2.88. The van der Waals surface area contributed by atoms with Crippen LogP contribution in [-0.4, -0.2) is 12.4 Å². The Bertz CT molecular complexity index is 629. The first kappa shape index (κ1) is 16.8. The number of ketones is 1. The van der Waals surface area contributed by atoms with Crippen LogP contribution in [0.25, 0.3) is 6.08 Å². The summed E-state index contributed by atoms with van der Waals surface area (Å²) in [6, 6.07) is 11.2. The summed E-state index contributed by atoms with van der Waals surface area (Å²) in [4.78, 5) is 12.6. The van der Waals surface area contributed by atoms with E-state index in [1.807, 2.05) is 24.3 Å². The summed E-state index contributed by atoms with van der Waals surface area (Å²) in [6.45, 7) is 2.92. The Balaban J connectivity index is 1.87. The number of hydrogen-bond donors (Lipinski definition) is 0. The zero-order valence-corrected chi connectivity index (χ0v) is 14.1. The van der Waals surface area contributed by atoms with Crippen LogP contribution in [0.4, 0.5) is 0 Å². The molecule has 0 spiro atoms. The molecule has 2 rings (SSSR count). The molecule has 2 nitrogen and oxygen atoms in total. The average molecular weight is 335 g/mol. The standard InChI is InChI=1S/C18H19ClO2S/c1-2-3-4-13-21-15-8-5-14(6-9-15)7-10-16(20)17-11-12-18(19)22-17/h5-12H,2-4,13H2,1H3/b10-7+. The van der Waals surface area contributed by atoms with Crippen LogP contribution in [0.1, 0.15) is 41.4 Å². The first-order valence-corrected chi connectivity index (χ1v) is 8.59. The second kappa shape index (κ2) is 8.76. The molecule has 22 heavy (non-hydrogen) atoms. The third-order valence-corrected chi connectivity index (χ3v) is 4.39. The number of hydrogen-bond acceptors (Lipinski definition) is 3. The van der Waals surface area contributed by atoms with Gasteiger partial charge in [0.05, 0.1) is 15.8 Å². The van der Waals surface area contributed by atoms with E-state index in [0.717, 1.165) is 24.3 Å². The van der Waals surface area contributed by atoms with Gasteiger partial charge in [0.2, 0.25) is 0 Å². The van der Waals surface area contributed by atoms with Crippen molar-refractivity contribution in [1.82, 2.24) is 0 Å². The Kier molecular flexibility index (Phi) is 6.69. The highest BCUT2D eigenvalue weighted by molar-refractivity contribution is 7.18. The Morgan fingerprint density at radius 3 is 2.59 bits per heavy atom. The zero-order valence-electron chi connectivity index (χ0n) is 12.5. The summed E-state index contributed by atoms with van der Waals surface area (Å²) >= 11 is 7.12. The predicted octanol–water partition coefficient (Wildman–Crippen LogP) is 5.87. The van der Waals surface area contributed by atoms with Gasteiger partial charge in [-0.05, 0) is 42.3 Å². The fourth-order valence-electron chi connectivity index (χ4n) is 1.92. The van der Waals surface area contributed by atoms with Crippen LogP contribution >= 0.6 is 22.9 Å². The van der Waals surface area contributed by atoms with Crippen LogP contribution in [0.15, 0.2) is 42.5 Å². The summed E-state index contributed by atoms with van der Waals surface area (Å²) < 4.78 is 6.28. The molecule has 1 heterocycles. The maximum absolute atomic E-state index is 11.9. The van der Waals surface area contributed by atoms with Gasteiger partial charge in [0.25, 0.3) is 0 Å². The normalized spacial score (nSPS) is 11.0. The Labute approximate surface area is 140 Å². The number of ether oxygens (including phenoxy) is 1. The van der Waals surface area contributed by atoms with E-state index in [4.69, 9.17) is 16.3 Å². The smallest absolute Gasteiger partial charge is 0.195 e. The largest absolute Gasteiger partial charge is 0.494 e. The number of rotatable bonds is 8. The topological polar surface area (TPSA) is 26.3 Å². The molecular formula is C18H19ClO2S. The quantitative estimate of drug-likeness (QED) is 0.343. The van der Waals surface area contributed by atoms with E-state index in [2.05, 4.69) is 6.92 Å². The summed E-state index contributed by atoms with van der Waals surface area (Å²) in [5, 5.41) is 0. The molecular weight excluding hydrogens is 316 g/mol. The molecule has 1 aromatic heterocycles. The molecule has 0 unspecified atom stereocenters. The van der Waals surface area contributed by atoms with Crippen molar-refractivity contribution in [2.24, 2.45) is 0 Å². The van der Waals surface area contributed by atoms with Crippen LogP contribution in [0.5, 0.6) is 5.75 Å². The van der Waals surface area contributed by atoms with E-state index in [-0.39, 0.29) is 5.78 Å². The van der Waals surface area contributed by atoms with Crippen LogP contribution in [0.3, 0.4) is 0 Å². The molecule has 0 saturated heterocycles. The predicted molar refractivity (Wildman–Crippen MR) is 94.2 cm³/mol. The van der Waals surface area contributed by atoms with Gasteiger partial charge in [-0.25, -0.2) is 0 Å². The first-order valence-electron chi connectivity index (χ1n) is 7.39. The minimum absolute atomic E-state index is 0.0307. The summed E-state index contributed by atoms with van der Waals surface area (Å²) in [5.74, 6) is 0.835. The molecule has 0 aliphatic rings. The Morgan fingerprint density at radius 2 is 1.95 bits per heavy atom. The summed E-state index contributed by atoms with van der Waals surface area (Å²) in [5.41, 5.74) is 0.969. The number of unbranched alkanes of at least 4 members (excludes halogenated alkanes) is 2. The van der Waals surface area contributed by atoms with E-state index >= 15 is 0 Å². The van der Waals surface area contributed by atoms with Gasteiger partial charge in [0.15, 0.2) is 5.78 Å². The van der Waals surface area contributed by atoms with Gasteiger partial charge in [-0.2, -0.15) is 0 Å². The number of benzene rings is 1. The Morgan fingerprint density at radius 1 is 1.18 bits per heavy atom. The van der Waals surface area contributed by atoms with Gasteiger partial charge in [-0.3, -0.25) is 4.79 Å². The highest BCUT2D eigenvalue weighted by Gasteiger charge is 2.04. The molecule has 116 valence electrons. The number of carbonyl (C=O) groups excluding carboxylic acids is 1. The molecule has 0 aliphatic carbocycles. The van der Waals surface area contributed by atoms with Crippen molar-refractivity contribution in [1.29, 1.82) is 0 Å².